The first kappa shape index (κ1) is 28.4. The van der Waals surface area contributed by atoms with E-state index in [1.807, 2.05) is 50.2 Å². The molecule has 28 heavy (non-hydrogen) atoms. The van der Waals surface area contributed by atoms with Crippen molar-refractivity contribution in [2.45, 2.75) is 59.0 Å². The molecular weight excluding hydrogens is 360 g/mol. The lowest BCUT2D eigenvalue weighted by atomic mass is 10.0. The van der Waals surface area contributed by atoms with Gasteiger partial charge in [-0.2, -0.15) is 0 Å². The summed E-state index contributed by atoms with van der Waals surface area (Å²) in [6.45, 7) is 8.88. The van der Waals surface area contributed by atoms with Crippen molar-refractivity contribution in [3.8, 4) is 0 Å². The minimum atomic E-state index is -0.184. The summed E-state index contributed by atoms with van der Waals surface area (Å²) < 4.78 is 0. The Labute approximate surface area is 168 Å². The third-order valence-electron chi connectivity index (χ3n) is 3.72. The highest BCUT2D eigenvalue weighted by molar-refractivity contribution is 5.18. The SMILES string of the molecule is CC(C)c1ccccc1.CCC(OO)c1ccccc1.CCCCOO.OO. The van der Waals surface area contributed by atoms with Gasteiger partial charge >= 0.3 is 0 Å². The normalized spacial score (nSPS) is 10.5. The standard InChI is InChI=1S/C9H12O2.C9H12.C4H10O2.H2O2/c1-2-9(11-10)8-6-4-3-5-7-8;1-8(2)9-6-4-3-5-7-9;1-2-3-4-6-5;1-2/h3-7,9-10H,2H2,1H3;3-8H,1-2H3;5H,2-4H2,1H3;1-2H. The number of benzene rings is 2. The van der Waals surface area contributed by atoms with Gasteiger partial charge in [-0.3, -0.25) is 21.0 Å². The van der Waals surface area contributed by atoms with Crippen LogP contribution in [0.15, 0.2) is 60.7 Å². The maximum absolute atomic E-state index is 8.48. The summed E-state index contributed by atoms with van der Waals surface area (Å²) in [5.41, 5.74) is 2.43. The summed E-state index contributed by atoms with van der Waals surface area (Å²) in [7, 11) is 0. The van der Waals surface area contributed by atoms with Crippen molar-refractivity contribution in [2.75, 3.05) is 6.61 Å². The Balaban J connectivity index is 0. The Morgan fingerprint density at radius 2 is 1.25 bits per heavy atom. The summed E-state index contributed by atoms with van der Waals surface area (Å²) >= 11 is 0. The molecular formula is C22H36O6. The van der Waals surface area contributed by atoms with Gasteiger partial charge in [0, 0.05) is 0 Å². The molecule has 6 heteroatoms. The lowest BCUT2D eigenvalue weighted by molar-refractivity contribution is -0.282. The van der Waals surface area contributed by atoms with Crippen molar-refractivity contribution < 1.29 is 30.8 Å². The number of rotatable bonds is 7. The molecule has 2 aromatic carbocycles. The number of unbranched alkanes of at least 4 members (excludes halogenated alkanes) is 1. The van der Waals surface area contributed by atoms with Crippen molar-refractivity contribution >= 4 is 0 Å². The highest BCUT2D eigenvalue weighted by Gasteiger charge is 2.07. The van der Waals surface area contributed by atoms with Crippen LogP contribution in [-0.4, -0.2) is 27.6 Å². The molecule has 2 aromatic rings. The summed E-state index contributed by atoms with van der Waals surface area (Å²) in [6.07, 6.45) is 2.61. The van der Waals surface area contributed by atoms with Gasteiger partial charge in [-0.1, -0.05) is 94.8 Å². The Morgan fingerprint density at radius 3 is 1.50 bits per heavy atom. The van der Waals surface area contributed by atoms with Gasteiger partial charge in [-0.25, -0.2) is 9.78 Å². The Morgan fingerprint density at radius 1 is 0.786 bits per heavy atom. The van der Waals surface area contributed by atoms with E-state index in [9.17, 15) is 0 Å². The second-order valence-electron chi connectivity index (χ2n) is 6.17. The maximum Gasteiger partial charge on any atom is 0.117 e. The molecule has 0 heterocycles. The molecule has 1 atom stereocenters. The van der Waals surface area contributed by atoms with Crippen molar-refractivity contribution in [3.05, 3.63) is 71.8 Å². The van der Waals surface area contributed by atoms with Crippen LogP contribution in [0.4, 0.5) is 0 Å². The molecule has 4 N–H and O–H groups in total. The highest BCUT2D eigenvalue weighted by atomic mass is 17.1. The zero-order chi connectivity index (χ0) is 21.6. The summed E-state index contributed by atoms with van der Waals surface area (Å²) in [5, 5.41) is 28.2. The average molecular weight is 397 g/mol. The molecule has 160 valence electrons. The molecule has 1 unspecified atom stereocenters. The smallest absolute Gasteiger partial charge is 0.117 e. The lowest BCUT2D eigenvalue weighted by Crippen LogP contribution is -1.98. The highest BCUT2D eigenvalue weighted by Crippen LogP contribution is 2.18. The van der Waals surface area contributed by atoms with E-state index in [1.165, 1.54) is 5.56 Å². The van der Waals surface area contributed by atoms with Gasteiger partial charge < -0.3 is 0 Å². The maximum atomic E-state index is 8.48. The van der Waals surface area contributed by atoms with Crippen LogP contribution >= 0.6 is 0 Å². The molecule has 0 fully saturated rings. The second-order valence-corrected chi connectivity index (χ2v) is 6.17. The van der Waals surface area contributed by atoms with Gasteiger partial charge in [0.25, 0.3) is 0 Å². The Kier molecular flexibility index (Phi) is 21.8. The monoisotopic (exact) mass is 396 g/mol. The van der Waals surface area contributed by atoms with Gasteiger partial charge in [0.2, 0.25) is 0 Å². The first-order chi connectivity index (χ1) is 13.6. The van der Waals surface area contributed by atoms with E-state index in [-0.39, 0.29) is 6.10 Å². The summed E-state index contributed by atoms with van der Waals surface area (Å²) in [6, 6.07) is 20.2. The third-order valence-corrected chi connectivity index (χ3v) is 3.72. The van der Waals surface area contributed by atoms with Crippen LogP contribution in [0.5, 0.6) is 0 Å². The molecule has 0 aliphatic carbocycles. The first-order valence-corrected chi connectivity index (χ1v) is 9.47. The minimum absolute atomic E-state index is 0.184. The van der Waals surface area contributed by atoms with E-state index in [0.29, 0.717) is 12.5 Å². The van der Waals surface area contributed by atoms with E-state index >= 15 is 0 Å². The van der Waals surface area contributed by atoms with Gasteiger partial charge in [-0.15, -0.1) is 0 Å². The third kappa shape index (κ3) is 15.3. The average Bonchev–Trinajstić information content (AvgIpc) is 2.77. The van der Waals surface area contributed by atoms with Crippen molar-refractivity contribution in [1.29, 1.82) is 0 Å². The van der Waals surface area contributed by atoms with Crippen molar-refractivity contribution in [2.24, 2.45) is 0 Å². The van der Waals surface area contributed by atoms with E-state index in [0.717, 1.165) is 24.8 Å². The van der Waals surface area contributed by atoms with Crippen LogP contribution < -0.4 is 0 Å². The molecule has 2 rings (SSSR count). The predicted molar refractivity (Wildman–Crippen MR) is 112 cm³/mol. The number of hydrogen-bond acceptors (Lipinski definition) is 6. The fourth-order valence-electron chi connectivity index (χ4n) is 2.09. The molecule has 0 amide bonds. The second kappa shape index (κ2) is 21.5. The first-order valence-electron chi connectivity index (χ1n) is 9.47. The minimum Gasteiger partial charge on any atom is -0.255 e. The van der Waals surface area contributed by atoms with Crippen LogP contribution in [0.25, 0.3) is 0 Å². The van der Waals surface area contributed by atoms with Crippen LogP contribution in [0, 0.1) is 0 Å². The van der Waals surface area contributed by atoms with Crippen LogP contribution in [0.3, 0.4) is 0 Å². The quantitative estimate of drug-likeness (QED) is 0.235. The van der Waals surface area contributed by atoms with Gasteiger partial charge in [0.1, 0.15) is 6.10 Å². The van der Waals surface area contributed by atoms with E-state index in [4.69, 9.17) is 21.0 Å². The van der Waals surface area contributed by atoms with Crippen molar-refractivity contribution in [3.63, 3.8) is 0 Å². The van der Waals surface area contributed by atoms with Crippen LogP contribution in [-0.2, 0) is 9.78 Å². The van der Waals surface area contributed by atoms with Crippen LogP contribution in [0.1, 0.15) is 70.1 Å². The fraction of sp³-hybridized carbons (Fsp3) is 0.455. The molecule has 0 aliphatic rings. The molecule has 0 bridgehead atoms. The topological polar surface area (TPSA) is 99.4 Å². The molecule has 0 aromatic heterocycles. The van der Waals surface area contributed by atoms with Crippen LogP contribution in [0.2, 0.25) is 0 Å². The Bertz CT molecular complexity index is 511. The van der Waals surface area contributed by atoms with E-state index in [1.54, 1.807) is 0 Å². The van der Waals surface area contributed by atoms with Gasteiger partial charge in [-0.05, 0) is 29.9 Å². The van der Waals surface area contributed by atoms with Gasteiger partial charge in [0.05, 0.1) is 6.61 Å². The molecule has 0 spiro atoms. The zero-order valence-electron chi connectivity index (χ0n) is 17.4. The number of hydrogen-bond donors (Lipinski definition) is 4. The lowest BCUT2D eigenvalue weighted by Gasteiger charge is -2.09. The molecule has 0 saturated carbocycles. The summed E-state index contributed by atoms with van der Waals surface area (Å²) in [5.74, 6) is 0.659. The molecule has 6 nitrogen and oxygen atoms in total. The summed E-state index contributed by atoms with van der Waals surface area (Å²) in [4.78, 5) is 8.07. The molecule has 0 saturated heterocycles. The van der Waals surface area contributed by atoms with Crippen molar-refractivity contribution in [1.82, 2.24) is 0 Å². The fourth-order valence-corrected chi connectivity index (χ4v) is 2.09. The predicted octanol–water partition coefficient (Wildman–Crippen LogP) is 6.73. The van der Waals surface area contributed by atoms with Gasteiger partial charge in [0.15, 0.2) is 0 Å². The Hall–Kier alpha value is -1.80. The van der Waals surface area contributed by atoms with E-state index < -0.39 is 0 Å². The zero-order valence-corrected chi connectivity index (χ0v) is 17.4. The molecule has 0 aliphatic heterocycles. The molecule has 0 radical (unpaired) electrons. The largest absolute Gasteiger partial charge is 0.255 e. The van der Waals surface area contributed by atoms with E-state index in [2.05, 4.69) is 47.9 Å².